The highest BCUT2D eigenvalue weighted by molar-refractivity contribution is 7.92. The van der Waals surface area contributed by atoms with Gasteiger partial charge in [0, 0.05) is 5.69 Å². The molecule has 1 aromatic heterocycles. The van der Waals surface area contributed by atoms with E-state index in [9.17, 15) is 44.3 Å². The van der Waals surface area contributed by atoms with Crippen molar-refractivity contribution in [1.29, 1.82) is 0 Å². The first kappa shape index (κ1) is 20.5. The number of alkyl halides is 6. The number of aryl methyl sites for hydroxylation is 1. The molecule has 0 amide bonds. The van der Waals surface area contributed by atoms with Crippen LogP contribution in [0.2, 0.25) is 0 Å². The normalized spacial score (nSPS) is 12.9. The van der Waals surface area contributed by atoms with Gasteiger partial charge in [0.2, 0.25) is 0 Å². The minimum Gasteiger partial charge on any atom is -0.310 e. The first-order chi connectivity index (χ1) is 12.1. The van der Waals surface area contributed by atoms with E-state index in [0.717, 1.165) is 6.92 Å². The molecule has 2 aromatic rings. The van der Waals surface area contributed by atoms with Gasteiger partial charge in [-0.25, -0.2) is 13.2 Å². The van der Waals surface area contributed by atoms with Crippen LogP contribution in [0.1, 0.15) is 16.8 Å². The summed E-state index contributed by atoms with van der Waals surface area (Å²) in [5.74, 6) is 0. The summed E-state index contributed by atoms with van der Waals surface area (Å²) in [5, 5.41) is 0. The molecule has 0 bridgehead atoms. The highest BCUT2D eigenvalue weighted by Gasteiger charge is 2.37. The van der Waals surface area contributed by atoms with Gasteiger partial charge in [0.05, 0.1) is 16.8 Å². The van der Waals surface area contributed by atoms with Gasteiger partial charge in [0.25, 0.3) is 15.6 Å². The molecule has 0 saturated carbocycles. The van der Waals surface area contributed by atoms with E-state index in [1.807, 2.05) is 4.98 Å². The van der Waals surface area contributed by atoms with E-state index in [2.05, 4.69) is 0 Å². The Bertz CT molecular complexity index is 1070. The van der Waals surface area contributed by atoms with Crippen LogP contribution in [-0.2, 0) is 22.4 Å². The molecule has 7 nitrogen and oxygen atoms in total. The molecule has 3 N–H and O–H groups in total. The van der Waals surface area contributed by atoms with Gasteiger partial charge >= 0.3 is 18.0 Å². The van der Waals surface area contributed by atoms with Crippen LogP contribution < -0.4 is 16.0 Å². The summed E-state index contributed by atoms with van der Waals surface area (Å²) in [6.45, 7) is 1.01. The summed E-state index contributed by atoms with van der Waals surface area (Å²) < 4.78 is 103. The Hall–Kier alpha value is -2.77. The second-order valence-corrected chi connectivity index (χ2v) is 6.88. The quantitative estimate of drug-likeness (QED) is 0.665. The van der Waals surface area contributed by atoms with Crippen molar-refractivity contribution in [1.82, 2.24) is 9.97 Å². The molecule has 0 atom stereocenters. The maximum Gasteiger partial charge on any atom is 0.416 e. The summed E-state index contributed by atoms with van der Waals surface area (Å²) >= 11 is 0. The topological polar surface area (TPSA) is 112 Å². The number of aromatic nitrogens is 2. The fourth-order valence-corrected chi connectivity index (χ4v) is 3.41. The zero-order valence-corrected chi connectivity index (χ0v) is 13.9. The smallest absolute Gasteiger partial charge is 0.310 e. The number of hydrogen-bond donors (Lipinski definition) is 3. The summed E-state index contributed by atoms with van der Waals surface area (Å²) in [6.07, 6.45) is -10.4. The largest absolute Gasteiger partial charge is 0.416 e. The van der Waals surface area contributed by atoms with Gasteiger partial charge in [-0.3, -0.25) is 14.5 Å². The number of benzene rings is 1. The van der Waals surface area contributed by atoms with Crippen molar-refractivity contribution in [2.75, 3.05) is 4.72 Å². The van der Waals surface area contributed by atoms with Crippen LogP contribution in [-0.4, -0.2) is 18.4 Å². The van der Waals surface area contributed by atoms with Crippen LogP contribution in [0.5, 0.6) is 0 Å². The van der Waals surface area contributed by atoms with Crippen LogP contribution in [0.3, 0.4) is 0 Å². The molecular weight excluding hydrogens is 408 g/mol. The molecule has 0 fully saturated rings. The Kier molecular flexibility index (Phi) is 4.90. The number of aromatic amines is 2. The molecule has 2 rings (SSSR count). The fourth-order valence-electron chi connectivity index (χ4n) is 2.13. The molecule has 0 spiro atoms. The minimum absolute atomic E-state index is 0.141. The van der Waals surface area contributed by atoms with Crippen molar-refractivity contribution < 1.29 is 34.8 Å². The maximum atomic E-state index is 12.8. The third-order valence-electron chi connectivity index (χ3n) is 3.18. The summed E-state index contributed by atoms with van der Waals surface area (Å²) in [7, 11) is -4.91. The lowest BCUT2D eigenvalue weighted by atomic mass is 10.1. The van der Waals surface area contributed by atoms with E-state index in [1.165, 1.54) is 4.72 Å². The third kappa shape index (κ3) is 4.50. The van der Waals surface area contributed by atoms with Crippen LogP contribution in [0.15, 0.2) is 32.7 Å². The molecule has 1 aromatic carbocycles. The molecule has 27 heavy (non-hydrogen) atoms. The van der Waals surface area contributed by atoms with Crippen molar-refractivity contribution >= 4 is 15.7 Å². The number of hydrogen-bond acceptors (Lipinski definition) is 4. The Morgan fingerprint density at radius 2 is 1.37 bits per heavy atom. The number of rotatable bonds is 3. The zero-order chi connectivity index (χ0) is 20.8. The van der Waals surface area contributed by atoms with E-state index in [-0.39, 0.29) is 18.2 Å². The monoisotopic (exact) mass is 417 g/mol. The Morgan fingerprint density at radius 1 is 0.889 bits per heavy atom. The Morgan fingerprint density at radius 3 is 1.78 bits per heavy atom. The van der Waals surface area contributed by atoms with Gasteiger partial charge in [0.15, 0.2) is 4.90 Å². The molecule has 0 unspecified atom stereocenters. The van der Waals surface area contributed by atoms with Crippen LogP contribution in [0.25, 0.3) is 0 Å². The van der Waals surface area contributed by atoms with Crippen molar-refractivity contribution in [3.8, 4) is 0 Å². The first-order valence-electron chi connectivity index (χ1n) is 6.77. The molecule has 0 aliphatic heterocycles. The summed E-state index contributed by atoms with van der Waals surface area (Å²) in [5.41, 5.74) is -7.47. The lowest BCUT2D eigenvalue weighted by Gasteiger charge is -2.15. The Labute approximate surface area is 146 Å². The number of halogens is 6. The molecule has 14 heteroatoms. The van der Waals surface area contributed by atoms with E-state index >= 15 is 0 Å². The van der Waals surface area contributed by atoms with E-state index in [0.29, 0.717) is 0 Å². The summed E-state index contributed by atoms with van der Waals surface area (Å²) in [6, 6.07) is 0.0971. The lowest BCUT2D eigenvalue weighted by Crippen LogP contribution is -2.31. The molecule has 0 aliphatic carbocycles. The molecule has 0 radical (unpaired) electrons. The van der Waals surface area contributed by atoms with Crippen LogP contribution >= 0.6 is 0 Å². The van der Waals surface area contributed by atoms with Crippen molar-refractivity contribution in [3.63, 3.8) is 0 Å². The van der Waals surface area contributed by atoms with Crippen LogP contribution in [0, 0.1) is 6.92 Å². The predicted octanol–water partition coefficient (Wildman–Crippen LogP) is 2.21. The van der Waals surface area contributed by atoms with Crippen molar-refractivity contribution in [2.24, 2.45) is 0 Å². The van der Waals surface area contributed by atoms with Gasteiger partial charge in [-0.15, -0.1) is 0 Å². The average molecular weight is 417 g/mol. The maximum absolute atomic E-state index is 12.8. The molecule has 1 heterocycles. The predicted molar refractivity (Wildman–Crippen MR) is 79.7 cm³/mol. The molecule has 0 saturated heterocycles. The fraction of sp³-hybridized carbons (Fsp3) is 0.231. The third-order valence-corrected chi connectivity index (χ3v) is 4.72. The minimum atomic E-state index is -5.19. The van der Waals surface area contributed by atoms with Gasteiger partial charge in [-0.2, -0.15) is 26.3 Å². The highest BCUT2D eigenvalue weighted by atomic mass is 32.2. The standard InChI is InChI=1S/C13H9F6N3O4S/c1-5-9(10(23)21-11(24)20-5)27(25,26)22-8-3-6(12(14,15)16)2-7(4-8)13(17,18)19/h2-4,22H,1H3,(H2,20,21,23,24). The Balaban J connectivity index is 2.63. The average Bonchev–Trinajstić information content (AvgIpc) is 2.42. The van der Waals surface area contributed by atoms with Crippen molar-refractivity contribution in [3.05, 3.63) is 55.9 Å². The second-order valence-electron chi connectivity index (χ2n) is 5.26. The van der Waals surface area contributed by atoms with Gasteiger partial charge in [0.1, 0.15) is 0 Å². The van der Waals surface area contributed by atoms with Crippen molar-refractivity contribution in [2.45, 2.75) is 24.2 Å². The molecule has 148 valence electrons. The molecule has 0 aliphatic rings. The number of anilines is 1. The van der Waals surface area contributed by atoms with Gasteiger partial charge < -0.3 is 4.98 Å². The number of sulfonamides is 1. The SMILES string of the molecule is Cc1[nH]c(=O)[nH]c(=O)c1S(=O)(=O)Nc1cc(C(F)(F)F)cc(C(F)(F)F)c1. The van der Waals surface area contributed by atoms with Gasteiger partial charge in [-0.1, -0.05) is 0 Å². The lowest BCUT2D eigenvalue weighted by molar-refractivity contribution is -0.143. The number of H-pyrrole nitrogens is 2. The summed E-state index contributed by atoms with van der Waals surface area (Å²) in [4.78, 5) is 25.3. The van der Waals surface area contributed by atoms with E-state index < -0.39 is 61.0 Å². The molecular formula is C13H9F6N3O4S. The van der Waals surface area contributed by atoms with Crippen LogP contribution in [0.4, 0.5) is 32.0 Å². The van der Waals surface area contributed by atoms with E-state index in [1.54, 1.807) is 4.98 Å². The first-order valence-corrected chi connectivity index (χ1v) is 8.25. The second kappa shape index (κ2) is 6.44. The van der Waals surface area contributed by atoms with Gasteiger partial charge in [-0.05, 0) is 25.1 Å². The highest BCUT2D eigenvalue weighted by Crippen LogP contribution is 2.37. The van der Waals surface area contributed by atoms with E-state index in [4.69, 9.17) is 0 Å². The zero-order valence-electron chi connectivity index (χ0n) is 13.0. The number of nitrogens with one attached hydrogen (secondary N) is 3.